The molecule has 1 aromatic heterocycles. The highest BCUT2D eigenvalue weighted by molar-refractivity contribution is 7.12. The molecule has 0 fully saturated rings. The third-order valence-corrected chi connectivity index (χ3v) is 4.60. The summed E-state index contributed by atoms with van der Waals surface area (Å²) >= 11 is 1.28. The first-order chi connectivity index (χ1) is 13.1. The molecule has 0 N–H and O–H groups in total. The van der Waals surface area contributed by atoms with Gasteiger partial charge in [0.15, 0.2) is 5.57 Å². The summed E-state index contributed by atoms with van der Waals surface area (Å²) in [6.07, 6.45) is 8.09. The topological polar surface area (TPSA) is 67.9 Å². The van der Waals surface area contributed by atoms with Crippen molar-refractivity contribution >= 4 is 23.2 Å². The number of carbonyl (C=O) groups excluding carboxylic acids is 1. The zero-order valence-corrected chi connectivity index (χ0v) is 14.8. The molecule has 4 nitrogen and oxygen atoms in total. The molecule has 27 heavy (non-hydrogen) atoms. The molecule has 0 atom stereocenters. The maximum atomic E-state index is 13.6. The number of hydrogen-bond acceptors (Lipinski definition) is 5. The van der Waals surface area contributed by atoms with Crippen molar-refractivity contribution in [1.29, 1.82) is 10.5 Å². The summed E-state index contributed by atoms with van der Waals surface area (Å²) in [7, 11) is 0. The Hall–Kier alpha value is -3.74. The molecule has 0 saturated heterocycles. The lowest BCUT2D eigenvalue weighted by Crippen LogP contribution is -2.23. The number of benzene rings is 1. The van der Waals surface area contributed by atoms with E-state index in [1.807, 2.05) is 12.1 Å². The molecule has 0 saturated carbocycles. The van der Waals surface area contributed by atoms with E-state index < -0.39 is 5.82 Å². The van der Waals surface area contributed by atoms with Crippen molar-refractivity contribution in [2.45, 2.75) is 0 Å². The lowest BCUT2D eigenvalue weighted by Gasteiger charge is -2.25. The van der Waals surface area contributed by atoms with Gasteiger partial charge in [-0.3, -0.25) is 4.79 Å². The summed E-state index contributed by atoms with van der Waals surface area (Å²) in [5.41, 5.74) is 0.865. The summed E-state index contributed by atoms with van der Waals surface area (Å²) in [5.74, 6) is -0.715. The second kappa shape index (κ2) is 8.09. The average molecular weight is 373 g/mol. The molecule has 1 aliphatic rings. The molecule has 0 aliphatic carbocycles. The average Bonchev–Trinajstić information content (AvgIpc) is 3.22. The second-order valence-electron chi connectivity index (χ2n) is 5.45. The SMILES string of the molecule is N#CC(C#N)=C1C=CC=CN1/C(=C\c1cccc(F)c1)C(=O)c1cccs1. The molecular formula is C21H12FN3OS. The van der Waals surface area contributed by atoms with E-state index in [2.05, 4.69) is 0 Å². The Morgan fingerprint density at radius 1 is 1.15 bits per heavy atom. The smallest absolute Gasteiger partial charge is 0.219 e. The number of hydrogen-bond donors (Lipinski definition) is 0. The third kappa shape index (κ3) is 3.92. The van der Waals surface area contributed by atoms with Crippen LogP contribution in [0.1, 0.15) is 15.2 Å². The van der Waals surface area contributed by atoms with Crippen LogP contribution in [-0.2, 0) is 0 Å². The summed E-state index contributed by atoms with van der Waals surface area (Å²) in [4.78, 5) is 15.1. The lowest BCUT2D eigenvalue weighted by molar-refractivity contribution is 0.101. The molecule has 0 spiro atoms. The van der Waals surface area contributed by atoms with Gasteiger partial charge in [-0.1, -0.05) is 24.3 Å². The fourth-order valence-electron chi connectivity index (χ4n) is 2.53. The number of ketones is 1. The van der Waals surface area contributed by atoms with E-state index in [1.54, 1.807) is 60.1 Å². The molecule has 2 aromatic rings. The van der Waals surface area contributed by atoms with Gasteiger partial charge in [0.05, 0.1) is 16.3 Å². The van der Waals surface area contributed by atoms with Crippen molar-refractivity contribution in [2.24, 2.45) is 0 Å². The molecular weight excluding hydrogens is 361 g/mol. The Kier molecular flexibility index (Phi) is 5.41. The predicted molar refractivity (Wildman–Crippen MR) is 101 cm³/mol. The fraction of sp³-hybridized carbons (Fsp3) is 0. The van der Waals surface area contributed by atoms with Gasteiger partial charge >= 0.3 is 0 Å². The van der Waals surface area contributed by atoms with Crippen molar-refractivity contribution in [1.82, 2.24) is 4.90 Å². The molecule has 0 radical (unpaired) electrons. The van der Waals surface area contributed by atoms with Crippen LogP contribution in [0.5, 0.6) is 0 Å². The molecule has 6 heteroatoms. The minimum Gasteiger partial charge on any atom is -0.312 e. The molecule has 3 rings (SSSR count). The molecule has 1 aromatic carbocycles. The Morgan fingerprint density at radius 2 is 1.96 bits per heavy atom. The maximum absolute atomic E-state index is 13.6. The highest BCUT2D eigenvalue weighted by Gasteiger charge is 2.24. The van der Waals surface area contributed by atoms with Crippen LogP contribution in [0.3, 0.4) is 0 Å². The van der Waals surface area contributed by atoms with E-state index in [0.29, 0.717) is 10.4 Å². The number of nitriles is 2. The summed E-state index contributed by atoms with van der Waals surface area (Å²) in [6.45, 7) is 0. The van der Waals surface area contributed by atoms with Gasteiger partial charge in [0.1, 0.15) is 18.0 Å². The van der Waals surface area contributed by atoms with Gasteiger partial charge in [-0.05, 0) is 47.4 Å². The minimum absolute atomic E-state index is 0.125. The molecule has 2 heterocycles. The number of carbonyl (C=O) groups is 1. The third-order valence-electron chi connectivity index (χ3n) is 3.73. The first-order valence-corrected chi connectivity index (χ1v) is 8.76. The number of nitrogens with zero attached hydrogens (tertiary/aromatic N) is 3. The molecule has 0 amide bonds. The van der Waals surface area contributed by atoms with Crippen LogP contribution < -0.4 is 0 Å². The van der Waals surface area contributed by atoms with Crippen molar-refractivity contribution < 1.29 is 9.18 Å². The number of Topliss-reactive ketones (excluding diaryl/α,β-unsaturated/α-hetero) is 1. The van der Waals surface area contributed by atoms with Gasteiger partial charge < -0.3 is 4.90 Å². The standard InChI is InChI=1S/C21H12FN3OS/c22-17-6-3-5-15(11-17)12-19(21(26)20-8-4-10-27-20)25-9-2-1-7-18(25)16(13-23)14-24/h1-12H/b19-12-. The normalized spacial score (nSPS) is 13.2. The Balaban J connectivity index is 2.18. The van der Waals surface area contributed by atoms with E-state index in [9.17, 15) is 19.7 Å². The number of allylic oxidation sites excluding steroid dienone is 5. The summed E-state index contributed by atoms with van der Waals surface area (Å²) in [5, 5.41) is 20.3. The van der Waals surface area contributed by atoms with Gasteiger partial charge in [-0.2, -0.15) is 10.5 Å². The second-order valence-corrected chi connectivity index (χ2v) is 6.39. The largest absolute Gasteiger partial charge is 0.312 e. The Bertz CT molecular complexity index is 1060. The Labute approximate surface area is 159 Å². The number of rotatable bonds is 4. The Morgan fingerprint density at radius 3 is 2.63 bits per heavy atom. The number of halogens is 1. The molecule has 1 aliphatic heterocycles. The monoisotopic (exact) mass is 373 g/mol. The maximum Gasteiger partial charge on any atom is 0.219 e. The van der Waals surface area contributed by atoms with Crippen molar-refractivity contribution in [3.8, 4) is 12.1 Å². The minimum atomic E-state index is -0.425. The molecule has 0 unspecified atom stereocenters. The molecule has 0 bridgehead atoms. The van der Waals surface area contributed by atoms with E-state index in [4.69, 9.17) is 0 Å². The van der Waals surface area contributed by atoms with Crippen molar-refractivity contribution in [2.75, 3.05) is 0 Å². The first-order valence-electron chi connectivity index (χ1n) is 7.88. The molecule has 130 valence electrons. The van der Waals surface area contributed by atoms with E-state index in [-0.39, 0.29) is 22.8 Å². The lowest BCUT2D eigenvalue weighted by atomic mass is 10.1. The van der Waals surface area contributed by atoms with Crippen LogP contribution in [0.25, 0.3) is 6.08 Å². The highest BCUT2D eigenvalue weighted by atomic mass is 32.1. The van der Waals surface area contributed by atoms with E-state index in [1.165, 1.54) is 28.4 Å². The highest BCUT2D eigenvalue weighted by Crippen LogP contribution is 2.27. The van der Waals surface area contributed by atoms with Crippen LogP contribution in [-0.4, -0.2) is 10.7 Å². The predicted octanol–water partition coefficient (Wildman–Crippen LogP) is 4.80. The van der Waals surface area contributed by atoms with Crippen LogP contribution in [0.15, 0.2) is 83.2 Å². The van der Waals surface area contributed by atoms with E-state index >= 15 is 0 Å². The fourth-order valence-corrected chi connectivity index (χ4v) is 3.20. The van der Waals surface area contributed by atoms with Gasteiger partial charge in [-0.25, -0.2) is 4.39 Å². The van der Waals surface area contributed by atoms with Crippen LogP contribution in [0.2, 0.25) is 0 Å². The van der Waals surface area contributed by atoms with Crippen molar-refractivity contribution in [3.63, 3.8) is 0 Å². The summed E-state index contributed by atoms with van der Waals surface area (Å²) < 4.78 is 13.6. The van der Waals surface area contributed by atoms with Crippen LogP contribution in [0, 0.1) is 28.5 Å². The quantitative estimate of drug-likeness (QED) is 0.439. The van der Waals surface area contributed by atoms with Crippen LogP contribution in [0.4, 0.5) is 4.39 Å². The van der Waals surface area contributed by atoms with Gasteiger partial charge in [0.25, 0.3) is 0 Å². The number of thiophene rings is 1. The first kappa shape index (κ1) is 18.1. The van der Waals surface area contributed by atoms with Crippen LogP contribution >= 0.6 is 11.3 Å². The zero-order valence-electron chi connectivity index (χ0n) is 14.0. The van der Waals surface area contributed by atoms with Gasteiger partial charge in [0, 0.05) is 6.20 Å². The van der Waals surface area contributed by atoms with Crippen molar-refractivity contribution in [3.05, 3.63) is 99.4 Å². The van der Waals surface area contributed by atoms with E-state index in [0.717, 1.165) is 0 Å². The van der Waals surface area contributed by atoms with Gasteiger partial charge in [-0.15, -0.1) is 11.3 Å². The van der Waals surface area contributed by atoms with Gasteiger partial charge in [0.2, 0.25) is 5.78 Å². The summed E-state index contributed by atoms with van der Waals surface area (Å²) in [6, 6.07) is 13.0. The zero-order chi connectivity index (χ0) is 19.2.